The zero-order valence-electron chi connectivity index (χ0n) is 13.3. The fraction of sp³-hybridized carbons (Fsp3) is 0.412. The second-order valence-corrected chi connectivity index (χ2v) is 5.98. The van der Waals surface area contributed by atoms with Crippen molar-refractivity contribution >= 4 is 11.6 Å². The van der Waals surface area contributed by atoms with Crippen LogP contribution >= 0.6 is 0 Å². The van der Waals surface area contributed by atoms with Gasteiger partial charge >= 0.3 is 0 Å². The number of aromatic nitrogens is 2. The lowest BCUT2D eigenvalue weighted by Gasteiger charge is -2.20. The van der Waals surface area contributed by atoms with E-state index in [0.717, 1.165) is 5.69 Å². The molecule has 1 heterocycles. The lowest BCUT2D eigenvalue weighted by atomic mass is 9.93. The van der Waals surface area contributed by atoms with Gasteiger partial charge in [0.2, 0.25) is 5.95 Å². The quantitative estimate of drug-likeness (QED) is 0.890. The Kier molecular flexibility index (Phi) is 4.46. The highest BCUT2D eigenvalue weighted by atomic mass is 16.1. The van der Waals surface area contributed by atoms with Crippen molar-refractivity contribution in [1.29, 1.82) is 0 Å². The minimum Gasteiger partial charge on any atom is -0.325 e. The van der Waals surface area contributed by atoms with E-state index in [1.54, 1.807) is 0 Å². The third-order valence-corrected chi connectivity index (χ3v) is 3.49. The predicted molar refractivity (Wildman–Crippen MR) is 87.5 cm³/mol. The second kappa shape index (κ2) is 6.12. The molecule has 4 nitrogen and oxygen atoms in total. The van der Waals surface area contributed by atoms with Crippen LogP contribution in [0.1, 0.15) is 56.4 Å². The molecular formula is C17H23N3O. The summed E-state index contributed by atoms with van der Waals surface area (Å²) in [6.07, 6.45) is 0. The molecule has 0 aliphatic rings. The number of benzene rings is 1. The van der Waals surface area contributed by atoms with Crippen LogP contribution in [-0.2, 0) is 0 Å². The molecule has 21 heavy (non-hydrogen) atoms. The van der Waals surface area contributed by atoms with E-state index in [-0.39, 0.29) is 5.56 Å². The minimum atomic E-state index is -0.141. The van der Waals surface area contributed by atoms with Crippen LogP contribution in [0.15, 0.2) is 29.1 Å². The normalized spacial score (nSPS) is 11.2. The molecule has 2 N–H and O–H groups in total. The molecule has 0 aliphatic carbocycles. The van der Waals surface area contributed by atoms with Gasteiger partial charge in [0, 0.05) is 17.4 Å². The number of aromatic amines is 1. The maximum atomic E-state index is 11.6. The summed E-state index contributed by atoms with van der Waals surface area (Å²) in [6.45, 7) is 10.5. The van der Waals surface area contributed by atoms with Crippen molar-refractivity contribution in [3.63, 3.8) is 0 Å². The Morgan fingerprint density at radius 3 is 2.14 bits per heavy atom. The molecule has 0 unspecified atom stereocenters. The topological polar surface area (TPSA) is 57.8 Å². The Balaban J connectivity index is 2.53. The van der Waals surface area contributed by atoms with Gasteiger partial charge in [-0.15, -0.1) is 0 Å². The summed E-state index contributed by atoms with van der Waals surface area (Å²) in [6, 6.07) is 7.81. The number of para-hydroxylation sites is 1. The fourth-order valence-corrected chi connectivity index (χ4v) is 2.45. The molecule has 0 spiro atoms. The van der Waals surface area contributed by atoms with E-state index < -0.39 is 0 Å². The molecule has 0 aliphatic heterocycles. The van der Waals surface area contributed by atoms with Crippen molar-refractivity contribution in [3.05, 3.63) is 51.4 Å². The maximum absolute atomic E-state index is 11.6. The Bertz CT molecular complexity index is 660. The first-order valence-corrected chi connectivity index (χ1v) is 7.36. The standard InChI is InChI=1S/C17H23N3O/c1-10(2)13-7-6-8-14(11(3)4)16(13)20-17-18-12(5)9-15(21)19-17/h6-11H,1-5H3,(H2,18,19,20,21). The average Bonchev–Trinajstić information content (AvgIpc) is 2.37. The highest BCUT2D eigenvalue weighted by Crippen LogP contribution is 2.33. The number of nitrogens with zero attached hydrogens (tertiary/aromatic N) is 1. The highest BCUT2D eigenvalue weighted by Gasteiger charge is 2.14. The van der Waals surface area contributed by atoms with Crippen molar-refractivity contribution in [3.8, 4) is 0 Å². The van der Waals surface area contributed by atoms with E-state index in [4.69, 9.17) is 0 Å². The maximum Gasteiger partial charge on any atom is 0.252 e. The van der Waals surface area contributed by atoms with Gasteiger partial charge in [0.25, 0.3) is 5.56 Å². The summed E-state index contributed by atoms with van der Waals surface area (Å²) in [5.74, 6) is 1.28. The molecule has 0 saturated heterocycles. The van der Waals surface area contributed by atoms with Gasteiger partial charge in [-0.25, -0.2) is 4.98 Å². The Hall–Kier alpha value is -2.10. The predicted octanol–water partition coefficient (Wildman–Crippen LogP) is 4.07. The molecule has 0 bridgehead atoms. The van der Waals surface area contributed by atoms with Crippen LogP contribution in [0.25, 0.3) is 0 Å². The number of hydrogen-bond donors (Lipinski definition) is 2. The van der Waals surface area contributed by atoms with Crippen molar-refractivity contribution in [2.75, 3.05) is 5.32 Å². The number of rotatable bonds is 4. The molecule has 112 valence electrons. The van der Waals surface area contributed by atoms with Crippen LogP contribution in [0.3, 0.4) is 0 Å². The van der Waals surface area contributed by atoms with Crippen molar-refractivity contribution in [1.82, 2.24) is 9.97 Å². The zero-order chi connectivity index (χ0) is 15.6. The first-order valence-electron chi connectivity index (χ1n) is 7.36. The van der Waals surface area contributed by atoms with E-state index in [9.17, 15) is 4.79 Å². The monoisotopic (exact) mass is 285 g/mol. The smallest absolute Gasteiger partial charge is 0.252 e. The molecule has 0 radical (unpaired) electrons. The van der Waals surface area contributed by atoms with E-state index in [1.165, 1.54) is 17.2 Å². The lowest BCUT2D eigenvalue weighted by Crippen LogP contribution is -2.12. The van der Waals surface area contributed by atoms with E-state index >= 15 is 0 Å². The number of anilines is 2. The molecule has 1 aromatic carbocycles. The Labute approximate surface area is 125 Å². The van der Waals surface area contributed by atoms with Crippen molar-refractivity contribution in [2.45, 2.75) is 46.5 Å². The van der Waals surface area contributed by atoms with Crippen LogP contribution in [0, 0.1) is 6.92 Å². The molecule has 2 rings (SSSR count). The van der Waals surface area contributed by atoms with Crippen LogP contribution in [-0.4, -0.2) is 9.97 Å². The molecule has 4 heteroatoms. The number of H-pyrrole nitrogens is 1. The van der Waals surface area contributed by atoms with Gasteiger partial charge in [0.05, 0.1) is 0 Å². The van der Waals surface area contributed by atoms with E-state index in [2.05, 4.69) is 61.2 Å². The van der Waals surface area contributed by atoms with Crippen LogP contribution < -0.4 is 10.9 Å². The summed E-state index contributed by atoms with van der Waals surface area (Å²) in [4.78, 5) is 18.7. The van der Waals surface area contributed by atoms with Gasteiger partial charge in [-0.3, -0.25) is 9.78 Å². The van der Waals surface area contributed by atoms with E-state index in [1.807, 2.05) is 6.92 Å². The third kappa shape index (κ3) is 3.51. The van der Waals surface area contributed by atoms with Gasteiger partial charge < -0.3 is 5.32 Å². The fourth-order valence-electron chi connectivity index (χ4n) is 2.45. The van der Waals surface area contributed by atoms with Crippen LogP contribution in [0.4, 0.5) is 11.6 Å². The first-order chi connectivity index (χ1) is 9.88. The molecule has 0 saturated carbocycles. The summed E-state index contributed by atoms with van der Waals surface area (Å²) in [5.41, 5.74) is 4.07. The van der Waals surface area contributed by atoms with Crippen LogP contribution in [0.2, 0.25) is 0 Å². The second-order valence-electron chi connectivity index (χ2n) is 5.98. The number of hydrogen-bond acceptors (Lipinski definition) is 3. The molecule has 0 amide bonds. The Morgan fingerprint density at radius 2 is 1.67 bits per heavy atom. The van der Waals surface area contributed by atoms with Crippen LogP contribution in [0.5, 0.6) is 0 Å². The van der Waals surface area contributed by atoms with Gasteiger partial charge in [-0.05, 0) is 29.9 Å². The SMILES string of the molecule is Cc1cc(=O)[nH]c(Nc2c(C(C)C)cccc2C(C)C)n1. The van der Waals surface area contributed by atoms with Gasteiger partial charge in [0.1, 0.15) is 0 Å². The average molecular weight is 285 g/mol. The molecule has 0 atom stereocenters. The van der Waals surface area contributed by atoms with E-state index in [0.29, 0.717) is 23.5 Å². The first kappa shape index (κ1) is 15.3. The number of aryl methyl sites for hydroxylation is 1. The van der Waals surface area contributed by atoms with Crippen molar-refractivity contribution < 1.29 is 0 Å². The summed E-state index contributed by atoms with van der Waals surface area (Å²) in [7, 11) is 0. The minimum absolute atomic E-state index is 0.141. The highest BCUT2D eigenvalue weighted by molar-refractivity contribution is 5.65. The zero-order valence-corrected chi connectivity index (χ0v) is 13.3. The Morgan fingerprint density at radius 1 is 1.10 bits per heavy atom. The van der Waals surface area contributed by atoms with Gasteiger partial charge in [-0.1, -0.05) is 45.9 Å². The largest absolute Gasteiger partial charge is 0.325 e. The van der Waals surface area contributed by atoms with Gasteiger partial charge in [0.15, 0.2) is 0 Å². The number of nitrogens with one attached hydrogen (secondary N) is 2. The van der Waals surface area contributed by atoms with Crippen molar-refractivity contribution in [2.24, 2.45) is 0 Å². The molecule has 1 aromatic heterocycles. The summed E-state index contributed by atoms with van der Waals surface area (Å²) >= 11 is 0. The summed E-state index contributed by atoms with van der Waals surface area (Å²) < 4.78 is 0. The van der Waals surface area contributed by atoms with Gasteiger partial charge in [-0.2, -0.15) is 0 Å². The summed E-state index contributed by atoms with van der Waals surface area (Å²) in [5, 5.41) is 3.32. The molecule has 2 aromatic rings. The lowest BCUT2D eigenvalue weighted by molar-refractivity contribution is 0.837. The molecule has 0 fully saturated rings. The molecular weight excluding hydrogens is 262 g/mol. The third-order valence-electron chi connectivity index (χ3n) is 3.49.